The van der Waals surface area contributed by atoms with Crippen molar-refractivity contribution in [2.45, 2.75) is 19.9 Å². The molecule has 2 N–H and O–H groups in total. The summed E-state index contributed by atoms with van der Waals surface area (Å²) in [5.74, 6) is -0.280. The van der Waals surface area contributed by atoms with Crippen molar-refractivity contribution in [1.82, 2.24) is 10.7 Å². The topological polar surface area (TPSA) is 136 Å². The number of nitrogens with one attached hydrogen (secondary N) is 2. The lowest BCUT2D eigenvalue weighted by atomic mass is 10.0. The number of nitro benzene ring substituents is 1. The van der Waals surface area contributed by atoms with Gasteiger partial charge in [-0.15, -0.1) is 0 Å². The van der Waals surface area contributed by atoms with Gasteiger partial charge in [-0.05, 0) is 42.3 Å². The highest BCUT2D eigenvalue weighted by molar-refractivity contribution is 6.42. The molecule has 2 aromatic carbocycles. The van der Waals surface area contributed by atoms with Gasteiger partial charge in [-0.2, -0.15) is 5.10 Å². The lowest BCUT2D eigenvalue weighted by molar-refractivity contribution is -0.384. The number of hydrogen-bond acceptors (Lipinski definition) is 7. The predicted molar refractivity (Wildman–Crippen MR) is 136 cm³/mol. The summed E-state index contributed by atoms with van der Waals surface area (Å²) in [5, 5.41) is 18.1. The molecule has 0 saturated carbocycles. The van der Waals surface area contributed by atoms with Crippen LogP contribution >= 0.6 is 23.2 Å². The SMILES string of the molecule is COc1cc([N+](=O)[O-])ccc1-c1ccc(/C=N\NC(=O)C(NC(=O)c2ccc(Cl)c(Cl)c2)C(C)C)o1. The van der Waals surface area contributed by atoms with E-state index in [1.807, 2.05) is 0 Å². The van der Waals surface area contributed by atoms with Crippen LogP contribution in [0.5, 0.6) is 5.75 Å². The van der Waals surface area contributed by atoms with E-state index in [1.165, 1.54) is 49.7 Å². The van der Waals surface area contributed by atoms with Crippen LogP contribution in [0.15, 0.2) is 58.0 Å². The molecule has 0 radical (unpaired) electrons. The summed E-state index contributed by atoms with van der Waals surface area (Å²) in [7, 11) is 1.40. The van der Waals surface area contributed by atoms with Gasteiger partial charge in [0.2, 0.25) is 0 Å². The van der Waals surface area contributed by atoms with Crippen LogP contribution in [0, 0.1) is 16.0 Å². The van der Waals surface area contributed by atoms with E-state index in [2.05, 4.69) is 15.8 Å². The quantitative estimate of drug-likeness (QED) is 0.224. The molecule has 0 spiro atoms. The maximum atomic E-state index is 12.7. The minimum atomic E-state index is -0.874. The lowest BCUT2D eigenvalue weighted by Gasteiger charge is -2.20. The number of halogens is 2. The number of rotatable bonds is 9. The summed E-state index contributed by atoms with van der Waals surface area (Å²) < 4.78 is 10.9. The maximum absolute atomic E-state index is 12.7. The lowest BCUT2D eigenvalue weighted by Crippen LogP contribution is -2.48. The number of methoxy groups -OCH3 is 1. The first-order valence-electron chi connectivity index (χ1n) is 10.6. The van der Waals surface area contributed by atoms with Crippen LogP contribution < -0.4 is 15.5 Å². The van der Waals surface area contributed by atoms with Gasteiger partial charge < -0.3 is 14.5 Å². The molecule has 188 valence electrons. The number of furan rings is 1. The van der Waals surface area contributed by atoms with E-state index in [0.29, 0.717) is 22.1 Å². The second-order valence-electron chi connectivity index (χ2n) is 7.90. The van der Waals surface area contributed by atoms with E-state index in [1.54, 1.807) is 26.0 Å². The fourth-order valence-electron chi connectivity index (χ4n) is 3.19. The van der Waals surface area contributed by atoms with Crippen LogP contribution in [-0.2, 0) is 4.79 Å². The zero-order valence-electron chi connectivity index (χ0n) is 19.5. The molecule has 1 atom stereocenters. The summed E-state index contributed by atoms with van der Waals surface area (Å²) in [6, 6.07) is 10.9. The van der Waals surface area contributed by atoms with E-state index >= 15 is 0 Å². The van der Waals surface area contributed by atoms with Crippen molar-refractivity contribution in [3.8, 4) is 17.1 Å². The van der Waals surface area contributed by atoms with Crippen LogP contribution in [0.4, 0.5) is 5.69 Å². The van der Waals surface area contributed by atoms with Crippen molar-refractivity contribution >= 4 is 46.9 Å². The Morgan fingerprint density at radius 2 is 1.86 bits per heavy atom. The molecule has 10 nitrogen and oxygen atoms in total. The van der Waals surface area contributed by atoms with Crippen LogP contribution in [0.2, 0.25) is 10.0 Å². The summed E-state index contributed by atoms with van der Waals surface area (Å²) in [4.78, 5) is 35.7. The third-order valence-corrected chi connectivity index (χ3v) is 5.81. The first kappa shape index (κ1) is 26.7. The predicted octanol–water partition coefficient (Wildman–Crippen LogP) is 5.07. The number of carbonyl (C=O) groups is 2. The van der Waals surface area contributed by atoms with E-state index in [0.717, 1.165) is 0 Å². The monoisotopic (exact) mass is 532 g/mol. The summed E-state index contributed by atoms with van der Waals surface area (Å²) >= 11 is 11.9. The van der Waals surface area contributed by atoms with Gasteiger partial charge in [0.15, 0.2) is 0 Å². The summed E-state index contributed by atoms with van der Waals surface area (Å²) in [6.07, 6.45) is 1.29. The molecule has 3 aromatic rings. The number of nitrogens with zero attached hydrogens (tertiary/aromatic N) is 2. The average Bonchev–Trinajstić information content (AvgIpc) is 3.31. The Morgan fingerprint density at radius 3 is 2.50 bits per heavy atom. The van der Waals surface area contributed by atoms with Crippen LogP contribution in [0.3, 0.4) is 0 Å². The van der Waals surface area contributed by atoms with E-state index in [9.17, 15) is 19.7 Å². The second kappa shape index (κ2) is 11.7. The van der Waals surface area contributed by atoms with Crippen molar-refractivity contribution in [2.24, 2.45) is 11.0 Å². The zero-order chi connectivity index (χ0) is 26.4. The normalized spacial score (nSPS) is 11.9. The van der Waals surface area contributed by atoms with Gasteiger partial charge in [0.25, 0.3) is 17.5 Å². The molecule has 0 aliphatic carbocycles. The molecule has 3 rings (SSSR count). The number of carbonyl (C=O) groups excluding carboxylic acids is 2. The van der Waals surface area contributed by atoms with Crippen molar-refractivity contribution in [2.75, 3.05) is 7.11 Å². The number of ether oxygens (including phenoxy) is 1. The first-order valence-corrected chi connectivity index (χ1v) is 11.4. The third-order valence-electron chi connectivity index (χ3n) is 5.07. The molecule has 0 aliphatic rings. The molecule has 2 amide bonds. The van der Waals surface area contributed by atoms with Gasteiger partial charge in [0, 0.05) is 11.6 Å². The molecular formula is C24H22Cl2N4O6. The Kier molecular flexibility index (Phi) is 8.68. The number of hydrogen-bond donors (Lipinski definition) is 2. The van der Waals surface area contributed by atoms with E-state index in [4.69, 9.17) is 32.4 Å². The molecule has 1 unspecified atom stereocenters. The smallest absolute Gasteiger partial charge is 0.273 e. The van der Waals surface area contributed by atoms with Gasteiger partial charge in [-0.3, -0.25) is 19.7 Å². The molecule has 1 aromatic heterocycles. The number of non-ortho nitro benzene ring substituents is 1. The van der Waals surface area contributed by atoms with Crippen molar-refractivity contribution < 1.29 is 23.7 Å². The van der Waals surface area contributed by atoms with Gasteiger partial charge in [0.05, 0.1) is 39.9 Å². The van der Waals surface area contributed by atoms with Crippen molar-refractivity contribution in [1.29, 1.82) is 0 Å². The highest BCUT2D eigenvalue weighted by atomic mass is 35.5. The highest BCUT2D eigenvalue weighted by Crippen LogP contribution is 2.34. The van der Waals surface area contributed by atoms with Crippen LogP contribution in [-0.4, -0.2) is 36.1 Å². The minimum Gasteiger partial charge on any atom is -0.496 e. The molecule has 12 heteroatoms. The third kappa shape index (κ3) is 6.41. The fourth-order valence-corrected chi connectivity index (χ4v) is 3.49. The minimum absolute atomic E-state index is 0.113. The van der Waals surface area contributed by atoms with Crippen molar-refractivity contribution in [3.05, 3.63) is 80.0 Å². The van der Waals surface area contributed by atoms with Gasteiger partial charge >= 0.3 is 0 Å². The number of hydrazone groups is 1. The Balaban J connectivity index is 1.67. The van der Waals surface area contributed by atoms with E-state index in [-0.39, 0.29) is 27.9 Å². The number of benzene rings is 2. The van der Waals surface area contributed by atoms with Gasteiger partial charge in [-0.25, -0.2) is 5.43 Å². The Labute approximate surface area is 216 Å². The summed E-state index contributed by atoms with van der Waals surface area (Å²) in [6.45, 7) is 3.55. The molecule has 0 aliphatic heterocycles. The molecular weight excluding hydrogens is 511 g/mol. The Bertz CT molecular complexity index is 1320. The van der Waals surface area contributed by atoms with Crippen molar-refractivity contribution in [3.63, 3.8) is 0 Å². The maximum Gasteiger partial charge on any atom is 0.273 e. The zero-order valence-corrected chi connectivity index (χ0v) is 21.0. The Hall–Kier alpha value is -3.89. The standard InChI is InChI=1S/C24H22Cl2N4O6/c1-13(2)22(28-23(31)14-4-8-18(25)19(26)10-14)24(32)29-27-12-16-6-9-20(36-16)17-7-5-15(30(33)34)11-21(17)35-3/h4-13,22H,1-3H3,(H,28,31)(H,29,32)/b27-12-. The highest BCUT2D eigenvalue weighted by Gasteiger charge is 2.25. The Morgan fingerprint density at radius 1 is 1.11 bits per heavy atom. The molecule has 0 saturated heterocycles. The van der Waals surface area contributed by atoms with Crippen LogP contribution in [0.1, 0.15) is 30.0 Å². The number of nitro groups is 1. The van der Waals surface area contributed by atoms with Gasteiger partial charge in [0.1, 0.15) is 23.3 Å². The molecule has 36 heavy (non-hydrogen) atoms. The first-order chi connectivity index (χ1) is 17.1. The molecule has 0 bridgehead atoms. The number of amides is 2. The van der Waals surface area contributed by atoms with E-state index < -0.39 is 22.8 Å². The molecule has 1 heterocycles. The summed E-state index contributed by atoms with van der Waals surface area (Å²) in [5.41, 5.74) is 3.05. The van der Waals surface area contributed by atoms with Gasteiger partial charge in [-0.1, -0.05) is 37.0 Å². The molecule has 0 fully saturated rings. The fraction of sp³-hybridized carbons (Fsp3) is 0.208. The average molecular weight is 533 g/mol. The largest absolute Gasteiger partial charge is 0.496 e. The van der Waals surface area contributed by atoms with Crippen LogP contribution in [0.25, 0.3) is 11.3 Å². The second-order valence-corrected chi connectivity index (χ2v) is 8.72.